The molecule has 5 heteroatoms. The van der Waals surface area contributed by atoms with Gasteiger partial charge in [0.25, 0.3) is 0 Å². The van der Waals surface area contributed by atoms with E-state index in [0.717, 1.165) is 37.5 Å². The van der Waals surface area contributed by atoms with Crippen molar-refractivity contribution in [2.45, 2.75) is 32.2 Å². The van der Waals surface area contributed by atoms with E-state index in [1.165, 1.54) is 4.88 Å². The smallest absolute Gasteiger partial charge is 0.225 e. The molecule has 1 aromatic heterocycles. The van der Waals surface area contributed by atoms with E-state index in [4.69, 9.17) is 0 Å². The summed E-state index contributed by atoms with van der Waals surface area (Å²) in [5, 5.41) is 4.15. The van der Waals surface area contributed by atoms with Gasteiger partial charge < -0.3 is 10.2 Å². The number of hydrogen-bond donors (Lipinski definition) is 1. The maximum absolute atomic E-state index is 11.9. The van der Waals surface area contributed by atoms with Gasteiger partial charge in [0.1, 0.15) is 0 Å². The molecule has 0 aromatic carbocycles. The number of anilines is 1. The molecule has 1 aliphatic carbocycles. The lowest BCUT2D eigenvalue weighted by Crippen LogP contribution is -2.34. The fourth-order valence-electron chi connectivity index (χ4n) is 2.18. The third-order valence-electron chi connectivity index (χ3n) is 3.36. The van der Waals surface area contributed by atoms with E-state index in [0.29, 0.717) is 6.04 Å². The number of amides is 1. The number of thiazole rings is 1. The minimum absolute atomic E-state index is 0.153. The van der Waals surface area contributed by atoms with Crippen molar-refractivity contribution in [1.29, 1.82) is 0 Å². The van der Waals surface area contributed by atoms with E-state index in [9.17, 15) is 4.79 Å². The first-order valence-electron chi connectivity index (χ1n) is 6.20. The minimum atomic E-state index is 0.153. The molecule has 17 heavy (non-hydrogen) atoms. The largest absolute Gasteiger partial charge is 0.353 e. The highest BCUT2D eigenvalue weighted by Gasteiger charge is 2.32. The van der Waals surface area contributed by atoms with E-state index in [2.05, 4.69) is 22.1 Å². The average molecular weight is 251 g/mol. The molecule has 2 aliphatic rings. The number of carbonyl (C=O) groups excluding carboxylic acids is 1. The van der Waals surface area contributed by atoms with E-state index < -0.39 is 0 Å². The lowest BCUT2D eigenvalue weighted by molar-refractivity contribution is -0.124. The van der Waals surface area contributed by atoms with Gasteiger partial charge in [-0.1, -0.05) is 0 Å². The quantitative estimate of drug-likeness (QED) is 0.886. The molecule has 2 fully saturated rings. The monoisotopic (exact) mass is 251 g/mol. The summed E-state index contributed by atoms with van der Waals surface area (Å²) in [5.74, 6) is 0.392. The van der Waals surface area contributed by atoms with Crippen LogP contribution < -0.4 is 10.2 Å². The van der Waals surface area contributed by atoms with Crippen molar-refractivity contribution < 1.29 is 4.79 Å². The molecule has 1 aliphatic heterocycles. The molecule has 1 saturated heterocycles. The third kappa shape index (κ3) is 2.44. The van der Waals surface area contributed by atoms with Crippen LogP contribution in [-0.2, 0) is 4.79 Å². The van der Waals surface area contributed by atoms with Gasteiger partial charge in [0.05, 0.1) is 5.92 Å². The summed E-state index contributed by atoms with van der Waals surface area (Å²) >= 11 is 1.71. The molecule has 0 radical (unpaired) electrons. The van der Waals surface area contributed by atoms with Crippen LogP contribution in [0.25, 0.3) is 0 Å². The molecule has 0 bridgehead atoms. The number of hydrogen-bond acceptors (Lipinski definition) is 4. The maximum atomic E-state index is 11.9. The Kier molecular flexibility index (Phi) is 2.78. The van der Waals surface area contributed by atoms with Crippen LogP contribution in [0.4, 0.5) is 5.13 Å². The molecule has 1 atom stereocenters. The Morgan fingerprint density at radius 3 is 3.00 bits per heavy atom. The number of rotatable bonds is 3. The second-order valence-corrected chi connectivity index (χ2v) is 6.18. The Hall–Kier alpha value is -1.10. The Morgan fingerprint density at radius 2 is 2.35 bits per heavy atom. The van der Waals surface area contributed by atoms with Crippen molar-refractivity contribution in [1.82, 2.24) is 10.3 Å². The first-order valence-corrected chi connectivity index (χ1v) is 7.02. The summed E-state index contributed by atoms with van der Waals surface area (Å²) in [4.78, 5) is 19.8. The minimum Gasteiger partial charge on any atom is -0.353 e. The predicted octanol–water partition coefficient (Wildman–Crippen LogP) is 1.56. The van der Waals surface area contributed by atoms with Crippen molar-refractivity contribution in [3.05, 3.63) is 11.1 Å². The summed E-state index contributed by atoms with van der Waals surface area (Å²) < 4.78 is 0. The van der Waals surface area contributed by atoms with Crippen LogP contribution in [0, 0.1) is 12.8 Å². The third-order valence-corrected chi connectivity index (χ3v) is 4.34. The first-order chi connectivity index (χ1) is 8.22. The predicted molar refractivity (Wildman–Crippen MR) is 68.3 cm³/mol. The molecular weight excluding hydrogens is 234 g/mol. The molecule has 0 spiro atoms. The lowest BCUT2D eigenvalue weighted by atomic mass is 10.1. The standard InChI is InChI=1S/C12H17N3OS/c1-8-6-13-12(17-8)15-5-4-9(7-15)11(16)14-10-2-3-10/h6,9-10H,2-5,7H2,1H3,(H,14,16). The van der Waals surface area contributed by atoms with Gasteiger partial charge in [-0.2, -0.15) is 0 Å². The Morgan fingerprint density at radius 1 is 1.53 bits per heavy atom. The van der Waals surface area contributed by atoms with Gasteiger partial charge in [0.15, 0.2) is 5.13 Å². The van der Waals surface area contributed by atoms with Crippen LogP contribution in [0.2, 0.25) is 0 Å². The second kappa shape index (κ2) is 4.29. The van der Waals surface area contributed by atoms with Gasteiger partial charge in [-0.3, -0.25) is 4.79 Å². The highest BCUT2D eigenvalue weighted by atomic mass is 32.1. The van der Waals surface area contributed by atoms with Crippen LogP contribution >= 0.6 is 11.3 Å². The van der Waals surface area contributed by atoms with Crippen LogP contribution in [0.5, 0.6) is 0 Å². The molecule has 3 rings (SSSR count). The van der Waals surface area contributed by atoms with E-state index in [1.807, 2.05) is 6.20 Å². The molecule has 92 valence electrons. The lowest BCUT2D eigenvalue weighted by Gasteiger charge is -2.14. The molecule has 4 nitrogen and oxygen atoms in total. The number of carbonyl (C=O) groups is 1. The van der Waals surface area contributed by atoms with E-state index in [1.54, 1.807) is 11.3 Å². The average Bonchev–Trinajstić information content (AvgIpc) is 2.81. The van der Waals surface area contributed by atoms with Crippen LogP contribution in [0.3, 0.4) is 0 Å². The summed E-state index contributed by atoms with van der Waals surface area (Å²) in [7, 11) is 0. The molecule has 1 unspecified atom stereocenters. The normalized spacial score (nSPS) is 24.1. The highest BCUT2D eigenvalue weighted by molar-refractivity contribution is 7.15. The highest BCUT2D eigenvalue weighted by Crippen LogP contribution is 2.28. The zero-order valence-electron chi connectivity index (χ0n) is 9.98. The Balaban J connectivity index is 1.59. The number of nitrogens with zero attached hydrogens (tertiary/aromatic N) is 2. The maximum Gasteiger partial charge on any atom is 0.225 e. The van der Waals surface area contributed by atoms with Crippen molar-refractivity contribution >= 4 is 22.4 Å². The van der Waals surface area contributed by atoms with Crippen molar-refractivity contribution in [3.8, 4) is 0 Å². The fourth-order valence-corrected chi connectivity index (χ4v) is 2.98. The molecular formula is C12H17N3OS. The molecule has 1 N–H and O–H groups in total. The number of aromatic nitrogens is 1. The molecule has 1 amide bonds. The Labute approximate surface area is 105 Å². The van der Waals surface area contributed by atoms with Gasteiger partial charge >= 0.3 is 0 Å². The van der Waals surface area contributed by atoms with Gasteiger partial charge in [-0.05, 0) is 26.2 Å². The second-order valence-electron chi connectivity index (χ2n) is 4.97. The first kappa shape index (κ1) is 11.0. The van der Waals surface area contributed by atoms with Gasteiger partial charge in [-0.25, -0.2) is 4.98 Å². The molecule has 2 heterocycles. The van der Waals surface area contributed by atoms with E-state index in [-0.39, 0.29) is 11.8 Å². The number of nitrogens with one attached hydrogen (secondary N) is 1. The van der Waals surface area contributed by atoms with E-state index >= 15 is 0 Å². The molecule has 1 saturated carbocycles. The zero-order valence-corrected chi connectivity index (χ0v) is 10.8. The van der Waals surface area contributed by atoms with Crippen molar-refractivity contribution in [2.24, 2.45) is 5.92 Å². The van der Waals surface area contributed by atoms with Crippen molar-refractivity contribution in [2.75, 3.05) is 18.0 Å². The Bertz CT molecular complexity index is 427. The molecule has 1 aromatic rings. The topological polar surface area (TPSA) is 45.2 Å². The fraction of sp³-hybridized carbons (Fsp3) is 0.667. The van der Waals surface area contributed by atoms with Crippen LogP contribution in [0.1, 0.15) is 24.1 Å². The SMILES string of the molecule is Cc1cnc(N2CCC(C(=O)NC3CC3)C2)s1. The van der Waals surface area contributed by atoms with Crippen LogP contribution in [0.15, 0.2) is 6.20 Å². The van der Waals surface area contributed by atoms with Gasteiger partial charge in [-0.15, -0.1) is 11.3 Å². The summed E-state index contributed by atoms with van der Waals surface area (Å²) in [6.07, 6.45) is 5.18. The summed E-state index contributed by atoms with van der Waals surface area (Å²) in [6, 6.07) is 0.471. The zero-order chi connectivity index (χ0) is 11.8. The van der Waals surface area contributed by atoms with Crippen LogP contribution in [-0.4, -0.2) is 30.0 Å². The summed E-state index contributed by atoms with van der Waals surface area (Å²) in [6.45, 7) is 3.84. The van der Waals surface area contributed by atoms with Gasteiger partial charge in [0.2, 0.25) is 5.91 Å². The number of aryl methyl sites for hydroxylation is 1. The summed E-state index contributed by atoms with van der Waals surface area (Å²) in [5.41, 5.74) is 0. The van der Waals surface area contributed by atoms with Crippen molar-refractivity contribution in [3.63, 3.8) is 0 Å². The van der Waals surface area contributed by atoms with Gasteiger partial charge in [0, 0.05) is 30.2 Å².